The van der Waals surface area contributed by atoms with Gasteiger partial charge in [-0.3, -0.25) is 9.59 Å². The molecule has 0 bridgehead atoms. The van der Waals surface area contributed by atoms with Crippen LogP contribution in [0.4, 0.5) is 5.69 Å². The molecule has 0 aliphatic carbocycles. The van der Waals surface area contributed by atoms with Crippen molar-refractivity contribution in [1.82, 2.24) is 4.90 Å². The molecule has 2 aromatic carbocycles. The van der Waals surface area contributed by atoms with Crippen molar-refractivity contribution in [2.24, 2.45) is 0 Å². The van der Waals surface area contributed by atoms with Crippen molar-refractivity contribution in [2.45, 2.75) is 19.9 Å². The minimum absolute atomic E-state index is 0.153. The molecule has 7 heteroatoms. The SMILES string of the molecule is Cc1c(Cl)cccc1N1CCN(C(=O)c2ccc(Cl)cc2Cl)[C@H](C)C1=O. The summed E-state index contributed by atoms with van der Waals surface area (Å²) < 4.78 is 0. The van der Waals surface area contributed by atoms with Gasteiger partial charge in [0.1, 0.15) is 6.04 Å². The van der Waals surface area contributed by atoms with Gasteiger partial charge >= 0.3 is 0 Å². The molecule has 26 heavy (non-hydrogen) atoms. The predicted octanol–water partition coefficient (Wildman–Crippen LogP) is 4.83. The Bertz CT molecular complexity index is 885. The smallest absolute Gasteiger partial charge is 0.256 e. The van der Waals surface area contributed by atoms with Crippen molar-refractivity contribution in [3.8, 4) is 0 Å². The van der Waals surface area contributed by atoms with Crippen LogP contribution in [0.2, 0.25) is 15.1 Å². The van der Waals surface area contributed by atoms with Gasteiger partial charge in [-0.15, -0.1) is 0 Å². The number of nitrogens with zero attached hydrogens (tertiary/aromatic N) is 2. The molecule has 3 rings (SSSR count). The van der Waals surface area contributed by atoms with Crippen LogP contribution in [0.15, 0.2) is 36.4 Å². The van der Waals surface area contributed by atoms with E-state index in [2.05, 4.69) is 0 Å². The van der Waals surface area contributed by atoms with Gasteiger partial charge in [-0.2, -0.15) is 0 Å². The van der Waals surface area contributed by atoms with Crippen molar-refractivity contribution in [1.29, 1.82) is 0 Å². The molecule has 1 aliphatic rings. The number of anilines is 1. The first-order valence-corrected chi connectivity index (χ1v) is 9.27. The summed E-state index contributed by atoms with van der Waals surface area (Å²) in [5.41, 5.74) is 1.95. The summed E-state index contributed by atoms with van der Waals surface area (Å²) in [4.78, 5) is 29.0. The molecule has 0 N–H and O–H groups in total. The molecule has 1 heterocycles. The van der Waals surface area contributed by atoms with E-state index in [1.165, 1.54) is 11.0 Å². The molecule has 1 fully saturated rings. The number of amides is 2. The van der Waals surface area contributed by atoms with Gasteiger partial charge < -0.3 is 9.80 Å². The minimum Gasteiger partial charge on any atom is -0.325 e. The number of hydrogen-bond donors (Lipinski definition) is 0. The average molecular weight is 412 g/mol. The lowest BCUT2D eigenvalue weighted by Crippen LogP contribution is -2.58. The molecule has 0 spiro atoms. The maximum Gasteiger partial charge on any atom is 0.256 e. The van der Waals surface area contributed by atoms with Gasteiger partial charge in [0.05, 0.1) is 10.6 Å². The Morgan fingerprint density at radius 1 is 1.08 bits per heavy atom. The number of benzene rings is 2. The number of piperazine rings is 1. The topological polar surface area (TPSA) is 40.6 Å². The highest BCUT2D eigenvalue weighted by Gasteiger charge is 2.36. The Morgan fingerprint density at radius 3 is 2.50 bits per heavy atom. The van der Waals surface area contributed by atoms with Gasteiger partial charge in [0, 0.05) is 28.8 Å². The minimum atomic E-state index is -0.610. The first-order valence-electron chi connectivity index (χ1n) is 8.13. The molecule has 0 saturated carbocycles. The Morgan fingerprint density at radius 2 is 1.81 bits per heavy atom. The van der Waals surface area contributed by atoms with Crippen LogP contribution in [0.1, 0.15) is 22.8 Å². The highest BCUT2D eigenvalue weighted by Crippen LogP contribution is 2.30. The van der Waals surface area contributed by atoms with Crippen LogP contribution in [0.5, 0.6) is 0 Å². The second-order valence-corrected chi connectivity index (χ2v) is 7.42. The zero-order chi connectivity index (χ0) is 19.0. The van der Waals surface area contributed by atoms with Gasteiger partial charge in [0.15, 0.2) is 0 Å². The third-order valence-electron chi connectivity index (χ3n) is 4.61. The van der Waals surface area contributed by atoms with Crippen molar-refractivity contribution in [2.75, 3.05) is 18.0 Å². The van der Waals surface area contributed by atoms with Gasteiger partial charge in [-0.25, -0.2) is 0 Å². The largest absolute Gasteiger partial charge is 0.325 e. The van der Waals surface area contributed by atoms with Crippen molar-refractivity contribution < 1.29 is 9.59 Å². The Kier molecular flexibility index (Phi) is 5.47. The summed E-state index contributed by atoms with van der Waals surface area (Å²) in [6, 6.07) is 9.57. The van der Waals surface area contributed by atoms with Crippen molar-refractivity contribution in [3.05, 3.63) is 62.6 Å². The van der Waals surface area contributed by atoms with Crippen LogP contribution in [0.25, 0.3) is 0 Å². The quantitative estimate of drug-likeness (QED) is 0.710. The maximum absolute atomic E-state index is 12.9. The Hall–Kier alpha value is -1.75. The van der Waals surface area contributed by atoms with E-state index in [-0.39, 0.29) is 16.8 Å². The number of halogens is 3. The molecule has 1 aliphatic heterocycles. The predicted molar refractivity (Wildman–Crippen MR) is 106 cm³/mol. The van der Waals surface area contributed by atoms with E-state index in [0.717, 1.165) is 11.3 Å². The fourth-order valence-corrected chi connectivity index (χ4v) is 3.75. The first kappa shape index (κ1) is 19.0. The van der Waals surface area contributed by atoms with Crippen LogP contribution in [0, 0.1) is 6.92 Å². The second kappa shape index (κ2) is 7.47. The lowest BCUT2D eigenvalue weighted by Gasteiger charge is -2.39. The van der Waals surface area contributed by atoms with E-state index in [9.17, 15) is 9.59 Å². The van der Waals surface area contributed by atoms with E-state index in [4.69, 9.17) is 34.8 Å². The molecule has 0 unspecified atom stereocenters. The molecule has 2 amide bonds. The summed E-state index contributed by atoms with van der Waals surface area (Å²) in [5.74, 6) is -0.435. The van der Waals surface area contributed by atoms with Gasteiger partial charge in [0.25, 0.3) is 5.91 Å². The van der Waals surface area contributed by atoms with Gasteiger partial charge in [-0.1, -0.05) is 40.9 Å². The third kappa shape index (κ3) is 3.41. The standard InChI is InChI=1S/C19H17Cl3N2O2/c1-11-15(21)4-3-5-17(11)24-9-8-23(12(2)18(24)25)19(26)14-7-6-13(20)10-16(14)22/h3-7,10,12H,8-9H2,1-2H3/t12-/m1/s1. The van der Waals surface area contributed by atoms with E-state index >= 15 is 0 Å². The third-order valence-corrected chi connectivity index (χ3v) is 5.57. The van der Waals surface area contributed by atoms with Crippen LogP contribution < -0.4 is 4.90 Å². The summed E-state index contributed by atoms with van der Waals surface area (Å²) in [6.45, 7) is 4.38. The number of rotatable bonds is 2. The molecule has 1 atom stereocenters. The molecule has 0 radical (unpaired) electrons. The van der Waals surface area contributed by atoms with Crippen molar-refractivity contribution in [3.63, 3.8) is 0 Å². The molecule has 0 aromatic heterocycles. The fraction of sp³-hybridized carbons (Fsp3) is 0.263. The monoisotopic (exact) mass is 410 g/mol. The van der Waals surface area contributed by atoms with Gasteiger partial charge in [-0.05, 0) is 49.7 Å². The summed E-state index contributed by atoms with van der Waals surface area (Å²) >= 11 is 18.2. The van der Waals surface area contributed by atoms with E-state index in [1.54, 1.807) is 30.0 Å². The Balaban J connectivity index is 1.86. The normalized spacial score (nSPS) is 17.6. The van der Waals surface area contributed by atoms with Gasteiger partial charge in [0.2, 0.25) is 5.91 Å². The highest BCUT2D eigenvalue weighted by molar-refractivity contribution is 6.36. The van der Waals surface area contributed by atoms with Crippen molar-refractivity contribution >= 4 is 52.3 Å². The van der Waals surface area contributed by atoms with Crippen LogP contribution in [-0.2, 0) is 4.79 Å². The fourth-order valence-electron chi connectivity index (χ4n) is 3.09. The summed E-state index contributed by atoms with van der Waals surface area (Å²) in [5, 5.41) is 1.33. The van der Waals surface area contributed by atoms with Crippen LogP contribution in [-0.4, -0.2) is 35.8 Å². The molecular weight excluding hydrogens is 395 g/mol. The van der Waals surface area contributed by atoms with E-state index < -0.39 is 6.04 Å². The zero-order valence-corrected chi connectivity index (χ0v) is 16.6. The van der Waals surface area contributed by atoms with E-state index in [1.807, 2.05) is 19.1 Å². The number of carbonyl (C=O) groups excluding carboxylic acids is 2. The average Bonchev–Trinajstić information content (AvgIpc) is 2.59. The van der Waals surface area contributed by atoms with Crippen LogP contribution in [0.3, 0.4) is 0 Å². The lowest BCUT2D eigenvalue weighted by atomic mass is 10.1. The Labute approximate surface area is 167 Å². The maximum atomic E-state index is 12.9. The molecule has 4 nitrogen and oxygen atoms in total. The first-order chi connectivity index (χ1) is 12.3. The lowest BCUT2D eigenvalue weighted by molar-refractivity contribution is -0.124. The number of hydrogen-bond acceptors (Lipinski definition) is 2. The molecular formula is C19H17Cl3N2O2. The highest BCUT2D eigenvalue weighted by atomic mass is 35.5. The number of carbonyl (C=O) groups is 2. The summed E-state index contributed by atoms with van der Waals surface area (Å²) in [7, 11) is 0. The zero-order valence-electron chi connectivity index (χ0n) is 14.3. The van der Waals surface area contributed by atoms with Crippen LogP contribution >= 0.6 is 34.8 Å². The van der Waals surface area contributed by atoms with E-state index in [0.29, 0.717) is 28.7 Å². The molecule has 2 aromatic rings. The second-order valence-electron chi connectivity index (χ2n) is 6.17. The molecule has 136 valence electrons. The molecule has 1 saturated heterocycles. The summed E-state index contributed by atoms with van der Waals surface area (Å²) in [6.07, 6.45) is 0.